The second-order valence-electron chi connectivity index (χ2n) is 7.73. The highest BCUT2D eigenvalue weighted by molar-refractivity contribution is 6.01. The van der Waals surface area contributed by atoms with Gasteiger partial charge in [-0.25, -0.2) is 9.78 Å². The van der Waals surface area contributed by atoms with E-state index in [-0.39, 0.29) is 41.5 Å². The summed E-state index contributed by atoms with van der Waals surface area (Å²) in [6, 6.07) is 16.1. The van der Waals surface area contributed by atoms with Crippen LogP contribution in [-0.4, -0.2) is 39.3 Å². The number of methoxy groups -OCH3 is 1. The largest absolute Gasteiger partial charge is 0.507 e. The number of aromatic nitrogens is 1. The summed E-state index contributed by atoms with van der Waals surface area (Å²) in [5, 5.41) is 34.3. The molecule has 0 spiro atoms. The molecule has 3 aromatic carbocycles. The zero-order valence-electron chi connectivity index (χ0n) is 18.3. The Morgan fingerprint density at radius 1 is 0.941 bits per heavy atom. The van der Waals surface area contributed by atoms with E-state index in [1.165, 1.54) is 25.3 Å². The summed E-state index contributed by atoms with van der Waals surface area (Å²) in [4.78, 5) is 27.8. The number of aromatic carboxylic acids is 1. The van der Waals surface area contributed by atoms with E-state index in [0.717, 1.165) is 11.1 Å². The molecule has 4 N–H and O–H groups in total. The van der Waals surface area contributed by atoms with Crippen molar-refractivity contribution in [2.24, 2.45) is 0 Å². The van der Waals surface area contributed by atoms with Crippen LogP contribution >= 0.6 is 0 Å². The molecule has 0 unspecified atom stereocenters. The van der Waals surface area contributed by atoms with Crippen molar-refractivity contribution < 1.29 is 29.6 Å². The summed E-state index contributed by atoms with van der Waals surface area (Å²) < 4.78 is 5.09. The van der Waals surface area contributed by atoms with Gasteiger partial charge in [-0.05, 0) is 52.9 Å². The molecule has 34 heavy (non-hydrogen) atoms. The second-order valence-corrected chi connectivity index (χ2v) is 7.73. The number of carbonyl (C=O) groups is 2. The maximum absolute atomic E-state index is 12.7. The minimum Gasteiger partial charge on any atom is -0.507 e. The number of carbonyl (C=O) groups excluding carboxylic acids is 1. The Morgan fingerprint density at radius 3 is 2.38 bits per heavy atom. The minimum atomic E-state index is -1.03. The highest BCUT2D eigenvalue weighted by Gasteiger charge is 2.16. The molecule has 4 aromatic rings. The van der Waals surface area contributed by atoms with Crippen LogP contribution in [0, 0.1) is 0 Å². The monoisotopic (exact) mass is 458 g/mol. The van der Waals surface area contributed by atoms with Crippen LogP contribution in [0.15, 0.2) is 66.9 Å². The van der Waals surface area contributed by atoms with Gasteiger partial charge in [0.05, 0.1) is 12.7 Å². The van der Waals surface area contributed by atoms with Crippen LogP contribution in [0.1, 0.15) is 37.4 Å². The lowest BCUT2D eigenvalue weighted by atomic mass is 9.96. The zero-order valence-corrected chi connectivity index (χ0v) is 18.3. The minimum absolute atomic E-state index is 0.0869. The van der Waals surface area contributed by atoms with Crippen molar-refractivity contribution in [3.05, 3.63) is 94.7 Å². The Morgan fingerprint density at radius 2 is 1.68 bits per heavy atom. The molecule has 4 rings (SSSR count). The Bertz CT molecular complexity index is 1380. The second kappa shape index (κ2) is 9.50. The summed E-state index contributed by atoms with van der Waals surface area (Å²) in [6.45, 7) is 0.273. The average Bonchev–Trinajstić information content (AvgIpc) is 2.85. The number of hydrogen-bond acceptors (Lipinski definition) is 6. The first-order valence-electron chi connectivity index (χ1n) is 10.4. The van der Waals surface area contributed by atoms with Crippen molar-refractivity contribution in [3.8, 4) is 17.4 Å². The number of ether oxygens (including phenoxy) is 1. The Hall–Kier alpha value is -4.59. The Labute approximate surface area is 195 Å². The maximum Gasteiger partial charge on any atom is 0.335 e. The van der Waals surface area contributed by atoms with Crippen molar-refractivity contribution in [2.45, 2.75) is 13.0 Å². The molecule has 1 aromatic heterocycles. The van der Waals surface area contributed by atoms with Gasteiger partial charge in [-0.2, -0.15) is 0 Å². The van der Waals surface area contributed by atoms with Crippen LogP contribution in [0.5, 0.6) is 17.4 Å². The number of hydrogen-bond donors (Lipinski definition) is 4. The normalized spacial score (nSPS) is 10.7. The molecule has 0 aliphatic heterocycles. The third-order valence-electron chi connectivity index (χ3n) is 5.50. The fourth-order valence-corrected chi connectivity index (χ4v) is 3.65. The van der Waals surface area contributed by atoms with Crippen molar-refractivity contribution >= 4 is 22.6 Å². The van der Waals surface area contributed by atoms with E-state index < -0.39 is 5.97 Å². The first kappa shape index (κ1) is 22.6. The molecule has 172 valence electrons. The van der Waals surface area contributed by atoms with Crippen LogP contribution in [0.4, 0.5) is 0 Å². The predicted molar refractivity (Wildman–Crippen MR) is 125 cm³/mol. The molecule has 1 amide bonds. The van der Waals surface area contributed by atoms with Crippen LogP contribution in [0.3, 0.4) is 0 Å². The molecule has 0 bridgehead atoms. The number of fused-ring (bicyclic) bond motifs is 1. The number of carboxylic acid groups (broad SMARTS) is 1. The summed E-state index contributed by atoms with van der Waals surface area (Å²) in [5.41, 5.74) is 2.33. The summed E-state index contributed by atoms with van der Waals surface area (Å²) in [7, 11) is 1.52. The standard InChI is InChI=1S/C26H22N2O6/c1-34-23-11-16(8-9-27-23)14-28-25(31)19-7-6-18-13-22(29)21(24(30)20(18)12-19)10-15-2-4-17(5-3-15)26(32)33/h2-9,11-13,29-30H,10,14H2,1H3,(H,28,31)(H,32,33). The molecule has 0 aliphatic carbocycles. The number of nitrogens with one attached hydrogen (secondary N) is 1. The molecule has 0 saturated heterocycles. The van der Waals surface area contributed by atoms with Gasteiger partial charge in [0.15, 0.2) is 0 Å². The van der Waals surface area contributed by atoms with Gasteiger partial charge in [-0.15, -0.1) is 0 Å². The summed E-state index contributed by atoms with van der Waals surface area (Å²) >= 11 is 0. The highest BCUT2D eigenvalue weighted by atomic mass is 16.5. The number of carboxylic acids is 1. The van der Waals surface area contributed by atoms with Crippen LogP contribution in [0.2, 0.25) is 0 Å². The summed E-state index contributed by atoms with van der Waals surface area (Å²) in [5.74, 6) is -1.12. The fourth-order valence-electron chi connectivity index (χ4n) is 3.65. The van der Waals surface area contributed by atoms with Gasteiger partial charge in [0.25, 0.3) is 5.91 Å². The lowest BCUT2D eigenvalue weighted by Crippen LogP contribution is -2.22. The molecule has 0 aliphatic rings. The summed E-state index contributed by atoms with van der Waals surface area (Å²) in [6.07, 6.45) is 1.78. The van der Waals surface area contributed by atoms with Crippen LogP contribution in [-0.2, 0) is 13.0 Å². The molecule has 0 atom stereocenters. The van der Waals surface area contributed by atoms with E-state index in [1.807, 2.05) is 0 Å². The third kappa shape index (κ3) is 4.75. The van der Waals surface area contributed by atoms with E-state index in [9.17, 15) is 19.8 Å². The number of rotatable bonds is 7. The van der Waals surface area contributed by atoms with E-state index in [1.54, 1.807) is 48.7 Å². The first-order chi connectivity index (χ1) is 16.4. The number of phenols is 2. The Balaban J connectivity index is 1.58. The van der Waals surface area contributed by atoms with Gasteiger partial charge < -0.3 is 25.4 Å². The SMILES string of the molecule is COc1cc(CNC(=O)c2ccc3cc(O)c(Cc4ccc(C(=O)O)cc4)c(O)c3c2)ccn1. The predicted octanol–water partition coefficient (Wildman–Crippen LogP) is 3.87. The zero-order chi connectivity index (χ0) is 24.2. The number of aromatic hydroxyl groups is 2. The van der Waals surface area contributed by atoms with Gasteiger partial charge >= 0.3 is 5.97 Å². The number of amides is 1. The fraction of sp³-hybridized carbons (Fsp3) is 0.115. The molecular weight excluding hydrogens is 436 g/mol. The van der Waals surface area contributed by atoms with E-state index >= 15 is 0 Å². The van der Waals surface area contributed by atoms with Crippen molar-refractivity contribution in [2.75, 3.05) is 7.11 Å². The molecule has 0 radical (unpaired) electrons. The number of nitrogens with zero attached hydrogens (tertiary/aromatic N) is 1. The van der Waals surface area contributed by atoms with Gasteiger partial charge in [0, 0.05) is 41.7 Å². The number of benzene rings is 3. The van der Waals surface area contributed by atoms with E-state index in [4.69, 9.17) is 9.84 Å². The average molecular weight is 458 g/mol. The van der Waals surface area contributed by atoms with Gasteiger partial charge in [-0.3, -0.25) is 4.79 Å². The van der Waals surface area contributed by atoms with Crippen LogP contribution in [0.25, 0.3) is 10.8 Å². The first-order valence-corrected chi connectivity index (χ1v) is 10.4. The number of pyridine rings is 1. The molecule has 1 heterocycles. The van der Waals surface area contributed by atoms with Gasteiger partial charge in [0.1, 0.15) is 11.5 Å². The molecule has 0 fully saturated rings. The van der Waals surface area contributed by atoms with Gasteiger partial charge in [-0.1, -0.05) is 18.2 Å². The lowest BCUT2D eigenvalue weighted by molar-refractivity contribution is 0.0696. The molecule has 0 saturated carbocycles. The number of phenolic OH excluding ortho intramolecular Hbond substituents is 2. The smallest absolute Gasteiger partial charge is 0.335 e. The molecule has 8 nitrogen and oxygen atoms in total. The maximum atomic E-state index is 12.7. The van der Waals surface area contributed by atoms with Crippen molar-refractivity contribution in [1.29, 1.82) is 0 Å². The molecular formula is C26H22N2O6. The van der Waals surface area contributed by atoms with Crippen molar-refractivity contribution in [1.82, 2.24) is 10.3 Å². The Kier molecular flexibility index (Phi) is 6.31. The highest BCUT2D eigenvalue weighted by Crippen LogP contribution is 2.37. The quantitative estimate of drug-likeness (QED) is 0.331. The third-order valence-corrected chi connectivity index (χ3v) is 5.50. The van der Waals surface area contributed by atoms with Gasteiger partial charge in [0.2, 0.25) is 5.88 Å². The van der Waals surface area contributed by atoms with Crippen molar-refractivity contribution in [3.63, 3.8) is 0 Å². The van der Waals surface area contributed by atoms with E-state index in [0.29, 0.717) is 22.2 Å². The molecule has 8 heteroatoms. The topological polar surface area (TPSA) is 129 Å². The lowest BCUT2D eigenvalue weighted by Gasteiger charge is -2.13. The van der Waals surface area contributed by atoms with Crippen LogP contribution < -0.4 is 10.1 Å². The van der Waals surface area contributed by atoms with E-state index in [2.05, 4.69) is 10.3 Å².